The topological polar surface area (TPSA) is 23.8 Å². The molecule has 0 saturated heterocycles. The Labute approximate surface area is 101 Å². The first-order valence-corrected chi connectivity index (χ1v) is 5.84. The van der Waals surface area contributed by atoms with Gasteiger partial charge in [-0.25, -0.2) is 0 Å². The van der Waals surface area contributed by atoms with Crippen LogP contribution in [0.25, 0.3) is 10.8 Å². The van der Waals surface area contributed by atoms with Crippen LogP contribution < -0.4 is 0 Å². The van der Waals surface area contributed by atoms with E-state index in [0.717, 1.165) is 17.4 Å². The lowest BCUT2D eigenvalue weighted by Crippen LogP contribution is -1.90. The van der Waals surface area contributed by atoms with Crippen molar-refractivity contribution in [2.75, 3.05) is 0 Å². The second kappa shape index (κ2) is 3.46. The van der Waals surface area contributed by atoms with Crippen LogP contribution in [0.3, 0.4) is 0 Å². The standard InChI is InChI=1S/C16H13N/c1-3-11-8-15-10(2)4-6-14-12(9-17)5-7-13(11)16(14)15/h3-7,11H,1,8H2,2H3. The molecule has 1 aliphatic carbocycles. The van der Waals surface area contributed by atoms with Crippen molar-refractivity contribution in [1.29, 1.82) is 5.26 Å². The number of rotatable bonds is 1. The maximum atomic E-state index is 9.16. The molecule has 1 atom stereocenters. The van der Waals surface area contributed by atoms with Crippen LogP contribution in [0.2, 0.25) is 0 Å². The molecule has 2 aromatic carbocycles. The fraction of sp³-hybridized carbons (Fsp3) is 0.188. The van der Waals surface area contributed by atoms with Crippen molar-refractivity contribution >= 4 is 10.8 Å². The van der Waals surface area contributed by atoms with Gasteiger partial charge in [0.25, 0.3) is 0 Å². The number of hydrogen-bond acceptors (Lipinski definition) is 1. The zero-order valence-corrected chi connectivity index (χ0v) is 9.83. The van der Waals surface area contributed by atoms with Crippen molar-refractivity contribution in [3.8, 4) is 6.07 Å². The van der Waals surface area contributed by atoms with Crippen molar-refractivity contribution in [2.45, 2.75) is 19.3 Å². The van der Waals surface area contributed by atoms with Crippen LogP contribution in [0.5, 0.6) is 0 Å². The van der Waals surface area contributed by atoms with Gasteiger partial charge in [0, 0.05) is 11.3 Å². The van der Waals surface area contributed by atoms with E-state index < -0.39 is 0 Å². The van der Waals surface area contributed by atoms with Crippen LogP contribution in [-0.4, -0.2) is 0 Å². The van der Waals surface area contributed by atoms with E-state index >= 15 is 0 Å². The molecule has 0 aromatic heterocycles. The van der Waals surface area contributed by atoms with Gasteiger partial charge >= 0.3 is 0 Å². The second-order valence-electron chi connectivity index (χ2n) is 4.64. The Balaban J connectivity index is 2.48. The van der Waals surface area contributed by atoms with Crippen LogP contribution in [0.4, 0.5) is 0 Å². The lowest BCUT2D eigenvalue weighted by atomic mass is 9.97. The smallest absolute Gasteiger partial charge is 0.0998 e. The molecule has 3 rings (SSSR count). The molecule has 0 N–H and O–H groups in total. The van der Waals surface area contributed by atoms with Crippen LogP contribution in [0.15, 0.2) is 36.9 Å². The Morgan fingerprint density at radius 2 is 2.18 bits per heavy atom. The minimum Gasteiger partial charge on any atom is -0.192 e. The first-order chi connectivity index (χ1) is 8.26. The van der Waals surface area contributed by atoms with Crippen LogP contribution in [0, 0.1) is 18.3 Å². The van der Waals surface area contributed by atoms with Gasteiger partial charge in [-0.1, -0.05) is 24.3 Å². The van der Waals surface area contributed by atoms with Gasteiger partial charge in [0.15, 0.2) is 0 Å². The fourth-order valence-electron chi connectivity index (χ4n) is 2.86. The van der Waals surface area contributed by atoms with Gasteiger partial charge in [-0.3, -0.25) is 0 Å². The van der Waals surface area contributed by atoms with Crippen molar-refractivity contribution in [3.63, 3.8) is 0 Å². The molecule has 1 nitrogen and oxygen atoms in total. The van der Waals surface area contributed by atoms with Crippen molar-refractivity contribution in [3.05, 3.63) is 59.2 Å². The van der Waals surface area contributed by atoms with Crippen LogP contribution in [0.1, 0.15) is 28.2 Å². The van der Waals surface area contributed by atoms with Gasteiger partial charge in [0.2, 0.25) is 0 Å². The molecular weight excluding hydrogens is 206 g/mol. The lowest BCUT2D eigenvalue weighted by molar-refractivity contribution is 0.881. The first kappa shape index (κ1) is 10.1. The quantitative estimate of drug-likeness (QED) is 0.668. The molecule has 0 amide bonds. The van der Waals surface area contributed by atoms with E-state index in [1.54, 1.807) is 0 Å². The number of allylic oxidation sites excluding steroid dienone is 1. The molecule has 0 fully saturated rings. The maximum Gasteiger partial charge on any atom is 0.0998 e. The molecule has 0 aliphatic heterocycles. The van der Waals surface area contributed by atoms with E-state index in [4.69, 9.17) is 5.26 Å². The van der Waals surface area contributed by atoms with E-state index in [2.05, 4.69) is 37.8 Å². The van der Waals surface area contributed by atoms with Crippen molar-refractivity contribution in [2.24, 2.45) is 0 Å². The molecule has 1 aliphatic rings. The van der Waals surface area contributed by atoms with Crippen LogP contribution in [-0.2, 0) is 6.42 Å². The molecular formula is C16H13N. The van der Waals surface area contributed by atoms with E-state index in [9.17, 15) is 0 Å². The molecule has 0 saturated carbocycles. The van der Waals surface area contributed by atoms with E-state index in [-0.39, 0.29) is 0 Å². The Kier molecular flexibility index (Phi) is 2.06. The van der Waals surface area contributed by atoms with Crippen molar-refractivity contribution in [1.82, 2.24) is 0 Å². The van der Waals surface area contributed by atoms with Crippen molar-refractivity contribution < 1.29 is 0 Å². The third kappa shape index (κ3) is 1.24. The summed E-state index contributed by atoms with van der Waals surface area (Å²) < 4.78 is 0. The molecule has 1 unspecified atom stereocenters. The van der Waals surface area contributed by atoms with Gasteiger partial charge < -0.3 is 0 Å². The summed E-state index contributed by atoms with van der Waals surface area (Å²) in [6.07, 6.45) is 3.04. The van der Waals surface area contributed by atoms with Crippen LogP contribution >= 0.6 is 0 Å². The highest BCUT2D eigenvalue weighted by Gasteiger charge is 2.24. The second-order valence-corrected chi connectivity index (χ2v) is 4.64. The average Bonchev–Trinajstić information content (AvgIpc) is 2.74. The predicted octanol–water partition coefficient (Wildman–Crippen LogP) is 3.85. The Morgan fingerprint density at radius 3 is 2.88 bits per heavy atom. The first-order valence-electron chi connectivity index (χ1n) is 5.84. The highest BCUT2D eigenvalue weighted by atomic mass is 14.3. The Morgan fingerprint density at radius 1 is 1.35 bits per heavy atom. The van der Waals surface area contributed by atoms with Gasteiger partial charge in [-0.2, -0.15) is 5.26 Å². The molecule has 1 heteroatoms. The minimum absolute atomic E-state index is 0.404. The summed E-state index contributed by atoms with van der Waals surface area (Å²) in [6.45, 7) is 6.06. The van der Waals surface area contributed by atoms with E-state index in [1.165, 1.54) is 22.1 Å². The molecule has 2 aromatic rings. The molecule has 17 heavy (non-hydrogen) atoms. The zero-order chi connectivity index (χ0) is 12.0. The third-order valence-electron chi connectivity index (χ3n) is 3.78. The summed E-state index contributed by atoms with van der Waals surface area (Å²) in [4.78, 5) is 0. The number of nitrogens with zero attached hydrogens (tertiary/aromatic N) is 1. The third-order valence-corrected chi connectivity index (χ3v) is 3.78. The normalized spacial score (nSPS) is 17.1. The largest absolute Gasteiger partial charge is 0.192 e. The van der Waals surface area contributed by atoms with Gasteiger partial charge in [-0.15, -0.1) is 6.58 Å². The predicted molar refractivity (Wildman–Crippen MR) is 70.0 cm³/mol. The van der Waals surface area contributed by atoms with Gasteiger partial charge in [0.1, 0.15) is 0 Å². The summed E-state index contributed by atoms with van der Waals surface area (Å²) in [5.74, 6) is 0.404. The van der Waals surface area contributed by atoms with Gasteiger partial charge in [-0.05, 0) is 41.5 Å². The SMILES string of the molecule is C=CC1Cc2c(C)ccc3c(C#N)ccc1c23. The highest BCUT2D eigenvalue weighted by Crippen LogP contribution is 2.41. The number of nitriles is 1. The average molecular weight is 219 g/mol. The monoisotopic (exact) mass is 219 g/mol. The summed E-state index contributed by atoms with van der Waals surface area (Å²) in [7, 11) is 0. The Bertz CT molecular complexity index is 674. The van der Waals surface area contributed by atoms with E-state index in [0.29, 0.717) is 5.92 Å². The maximum absolute atomic E-state index is 9.16. The highest BCUT2D eigenvalue weighted by molar-refractivity contribution is 5.96. The number of benzene rings is 2. The number of hydrogen-bond donors (Lipinski definition) is 0. The minimum atomic E-state index is 0.404. The lowest BCUT2D eigenvalue weighted by Gasteiger charge is -2.06. The summed E-state index contributed by atoms with van der Waals surface area (Å²) in [6, 6.07) is 10.5. The molecule has 0 heterocycles. The number of aryl methyl sites for hydroxylation is 1. The molecule has 0 radical (unpaired) electrons. The zero-order valence-electron chi connectivity index (χ0n) is 9.83. The molecule has 82 valence electrons. The van der Waals surface area contributed by atoms with E-state index in [1.807, 2.05) is 12.1 Å². The fourth-order valence-corrected chi connectivity index (χ4v) is 2.86. The Hall–Kier alpha value is -2.07. The van der Waals surface area contributed by atoms with Gasteiger partial charge in [0.05, 0.1) is 11.6 Å². The summed E-state index contributed by atoms with van der Waals surface area (Å²) in [5, 5.41) is 11.5. The molecule has 0 bridgehead atoms. The molecule has 0 spiro atoms. The summed E-state index contributed by atoms with van der Waals surface area (Å²) >= 11 is 0. The summed E-state index contributed by atoms with van der Waals surface area (Å²) in [5.41, 5.74) is 4.81.